The van der Waals surface area contributed by atoms with Gasteiger partial charge in [-0.25, -0.2) is 9.59 Å². The summed E-state index contributed by atoms with van der Waals surface area (Å²) in [4.78, 5) is 55.5. The number of benzene rings is 3. The lowest BCUT2D eigenvalue weighted by Gasteiger charge is -2.39. The van der Waals surface area contributed by atoms with Crippen molar-refractivity contribution in [3.63, 3.8) is 0 Å². The van der Waals surface area contributed by atoms with Crippen molar-refractivity contribution < 1.29 is 33.4 Å². The lowest BCUT2D eigenvalue weighted by Crippen LogP contribution is -2.63. The molecule has 3 atom stereocenters. The first-order valence-corrected chi connectivity index (χ1v) is 16.7. The van der Waals surface area contributed by atoms with E-state index in [1.54, 1.807) is 25.7 Å². The van der Waals surface area contributed by atoms with Crippen molar-refractivity contribution in [3.05, 3.63) is 120 Å². The van der Waals surface area contributed by atoms with Crippen LogP contribution in [-0.2, 0) is 35.0 Å². The Kier molecular flexibility index (Phi) is 13.0. The van der Waals surface area contributed by atoms with E-state index in [4.69, 9.17) is 14.2 Å². The molecule has 0 fully saturated rings. The fourth-order valence-corrected chi connectivity index (χ4v) is 5.65. The van der Waals surface area contributed by atoms with Gasteiger partial charge >= 0.3 is 12.1 Å². The van der Waals surface area contributed by atoms with Gasteiger partial charge in [0.05, 0.1) is 12.1 Å². The van der Waals surface area contributed by atoms with Gasteiger partial charge in [-0.2, -0.15) is 0 Å². The molecule has 0 saturated heterocycles. The zero-order chi connectivity index (χ0) is 35.4. The molecule has 0 saturated carbocycles. The summed E-state index contributed by atoms with van der Waals surface area (Å²) in [6.45, 7) is 9.29. The molecule has 0 unspecified atom stereocenters. The standard InChI is InChI=1S/C39H47N3O7/c1-6-24-42(25-16-19-28-17-10-7-11-18-28)36(44)35-33(40-27(2)43)31(41-38(46)49-39(3,4)5)26-32(47-35)37(45)48-34(29-20-12-8-13-21-29)30-22-14-9-15-23-30/h7-15,17-18,20-23,26,31,33-35H,6,16,19,24-25H2,1-5H3,(H,40,43)(H,41,46)/t31-,33+,35+/m0/s1. The molecule has 3 aromatic carbocycles. The van der Waals surface area contributed by atoms with Crippen LogP contribution in [0.2, 0.25) is 0 Å². The highest BCUT2D eigenvalue weighted by Crippen LogP contribution is 2.29. The van der Waals surface area contributed by atoms with E-state index in [0.29, 0.717) is 25.9 Å². The van der Waals surface area contributed by atoms with E-state index in [2.05, 4.69) is 10.6 Å². The van der Waals surface area contributed by atoms with Crippen LogP contribution >= 0.6 is 0 Å². The van der Waals surface area contributed by atoms with Gasteiger partial charge in [-0.05, 0) is 62.8 Å². The number of aryl methyl sites for hydroxylation is 1. The van der Waals surface area contributed by atoms with Crippen molar-refractivity contribution in [1.29, 1.82) is 0 Å². The lowest BCUT2D eigenvalue weighted by molar-refractivity contribution is -0.154. The number of amides is 3. The van der Waals surface area contributed by atoms with E-state index in [1.165, 1.54) is 13.0 Å². The van der Waals surface area contributed by atoms with E-state index in [9.17, 15) is 19.2 Å². The zero-order valence-corrected chi connectivity index (χ0v) is 28.9. The van der Waals surface area contributed by atoms with Crippen LogP contribution in [0.5, 0.6) is 0 Å². The summed E-state index contributed by atoms with van der Waals surface area (Å²) in [6.07, 6.45) is 0.561. The number of nitrogens with zero attached hydrogens (tertiary/aromatic N) is 1. The smallest absolute Gasteiger partial charge is 0.408 e. The molecule has 260 valence electrons. The quantitative estimate of drug-likeness (QED) is 0.218. The maximum Gasteiger partial charge on any atom is 0.408 e. The first-order chi connectivity index (χ1) is 23.4. The second kappa shape index (κ2) is 17.3. The van der Waals surface area contributed by atoms with Crippen LogP contribution in [0.3, 0.4) is 0 Å². The maximum atomic E-state index is 14.3. The van der Waals surface area contributed by atoms with Crippen molar-refractivity contribution in [2.45, 2.75) is 83.8 Å². The highest BCUT2D eigenvalue weighted by molar-refractivity contribution is 5.90. The topological polar surface area (TPSA) is 123 Å². The van der Waals surface area contributed by atoms with Crippen LogP contribution in [0.25, 0.3) is 0 Å². The molecule has 2 N–H and O–H groups in total. The van der Waals surface area contributed by atoms with E-state index < -0.39 is 53.8 Å². The van der Waals surface area contributed by atoms with Crippen LogP contribution in [0, 0.1) is 0 Å². The Morgan fingerprint density at radius 3 is 1.94 bits per heavy atom. The van der Waals surface area contributed by atoms with Crippen LogP contribution < -0.4 is 10.6 Å². The molecule has 4 rings (SSSR count). The fourth-order valence-electron chi connectivity index (χ4n) is 5.65. The van der Waals surface area contributed by atoms with Gasteiger partial charge in [-0.1, -0.05) is 97.9 Å². The summed E-state index contributed by atoms with van der Waals surface area (Å²) in [7, 11) is 0. The largest absolute Gasteiger partial charge is 0.471 e. The Hall–Kier alpha value is -5.12. The monoisotopic (exact) mass is 669 g/mol. The molecule has 3 amide bonds. The minimum absolute atomic E-state index is 0.265. The Morgan fingerprint density at radius 2 is 1.41 bits per heavy atom. The van der Waals surface area contributed by atoms with E-state index in [0.717, 1.165) is 23.1 Å². The van der Waals surface area contributed by atoms with Crippen molar-refractivity contribution in [1.82, 2.24) is 15.5 Å². The Bertz CT molecular complexity index is 1530. The number of hydrogen-bond donors (Lipinski definition) is 2. The highest BCUT2D eigenvalue weighted by Gasteiger charge is 2.45. The summed E-state index contributed by atoms with van der Waals surface area (Å²) in [6, 6.07) is 26.4. The first-order valence-electron chi connectivity index (χ1n) is 16.7. The first kappa shape index (κ1) is 36.7. The van der Waals surface area contributed by atoms with Crippen LogP contribution in [-0.4, -0.2) is 65.7 Å². The maximum absolute atomic E-state index is 14.3. The van der Waals surface area contributed by atoms with E-state index in [-0.39, 0.29) is 5.76 Å². The number of carbonyl (C=O) groups is 4. The second-order valence-electron chi connectivity index (χ2n) is 13.0. The molecule has 49 heavy (non-hydrogen) atoms. The molecule has 3 aromatic rings. The number of hydrogen-bond acceptors (Lipinski definition) is 7. The Morgan fingerprint density at radius 1 is 0.837 bits per heavy atom. The molecule has 10 heteroatoms. The van der Waals surface area contributed by atoms with Gasteiger partial charge in [-0.15, -0.1) is 0 Å². The molecule has 0 aliphatic carbocycles. The zero-order valence-electron chi connectivity index (χ0n) is 28.9. The molecule has 1 aliphatic rings. The van der Waals surface area contributed by atoms with Gasteiger partial charge in [-0.3, -0.25) is 9.59 Å². The molecule has 10 nitrogen and oxygen atoms in total. The molecule has 1 heterocycles. The van der Waals surface area contributed by atoms with E-state index >= 15 is 0 Å². The summed E-state index contributed by atoms with van der Waals surface area (Å²) in [5, 5.41) is 5.53. The van der Waals surface area contributed by atoms with Crippen LogP contribution in [0.4, 0.5) is 4.79 Å². The van der Waals surface area contributed by atoms with Crippen molar-refractivity contribution >= 4 is 23.9 Å². The average Bonchev–Trinajstić information content (AvgIpc) is 3.07. The number of rotatable bonds is 13. The van der Waals surface area contributed by atoms with Crippen LogP contribution in [0.1, 0.15) is 70.3 Å². The number of carbonyl (C=O) groups excluding carboxylic acids is 4. The third-order valence-electron chi connectivity index (χ3n) is 7.77. The van der Waals surface area contributed by atoms with Crippen molar-refractivity contribution in [2.75, 3.05) is 13.1 Å². The van der Waals surface area contributed by atoms with Crippen molar-refractivity contribution in [2.24, 2.45) is 0 Å². The third kappa shape index (κ3) is 11.0. The third-order valence-corrected chi connectivity index (χ3v) is 7.77. The molecule has 0 spiro atoms. The molecule has 0 bridgehead atoms. The van der Waals surface area contributed by atoms with Gasteiger partial charge in [0.1, 0.15) is 5.60 Å². The molecule has 0 radical (unpaired) electrons. The Labute approximate surface area is 288 Å². The SMILES string of the molecule is CCCN(CCCc1ccccc1)C(=O)[C@@H]1OC(C(=O)OC(c2ccccc2)c2ccccc2)=C[C@H](NC(=O)OC(C)(C)C)[C@H]1NC(C)=O. The molecular formula is C39H47N3O7. The number of alkyl carbamates (subject to hydrolysis) is 1. The predicted octanol–water partition coefficient (Wildman–Crippen LogP) is 5.87. The van der Waals surface area contributed by atoms with Crippen LogP contribution in [0.15, 0.2) is 103 Å². The summed E-state index contributed by atoms with van der Waals surface area (Å²) < 4.78 is 17.8. The lowest BCUT2D eigenvalue weighted by atomic mass is 9.96. The molecular weight excluding hydrogens is 622 g/mol. The van der Waals surface area contributed by atoms with Gasteiger partial charge in [0.15, 0.2) is 12.2 Å². The minimum atomic E-state index is -1.36. The molecule has 0 aromatic heterocycles. The number of ether oxygens (including phenoxy) is 3. The van der Waals surface area contributed by atoms with Gasteiger partial charge in [0.25, 0.3) is 5.91 Å². The van der Waals surface area contributed by atoms with Gasteiger partial charge < -0.3 is 29.7 Å². The number of esters is 1. The summed E-state index contributed by atoms with van der Waals surface area (Å²) in [5.41, 5.74) is 1.79. The minimum Gasteiger partial charge on any atom is -0.471 e. The van der Waals surface area contributed by atoms with E-state index in [1.807, 2.05) is 97.9 Å². The summed E-state index contributed by atoms with van der Waals surface area (Å²) >= 11 is 0. The Balaban J connectivity index is 1.67. The number of nitrogens with one attached hydrogen (secondary N) is 2. The molecule has 1 aliphatic heterocycles. The average molecular weight is 670 g/mol. The highest BCUT2D eigenvalue weighted by atomic mass is 16.6. The normalized spacial score (nSPS) is 17.3. The second-order valence-corrected chi connectivity index (χ2v) is 13.0. The predicted molar refractivity (Wildman–Crippen MR) is 186 cm³/mol. The van der Waals surface area contributed by atoms with Gasteiger partial charge in [0, 0.05) is 20.0 Å². The fraction of sp³-hybridized carbons (Fsp3) is 0.385. The summed E-state index contributed by atoms with van der Waals surface area (Å²) in [5.74, 6) is -1.97. The van der Waals surface area contributed by atoms with Gasteiger partial charge in [0.2, 0.25) is 11.7 Å². The van der Waals surface area contributed by atoms with Crippen molar-refractivity contribution in [3.8, 4) is 0 Å².